The zero-order valence-electron chi connectivity index (χ0n) is 12.0. The minimum Gasteiger partial charge on any atom is -0.329 e. The minimum absolute atomic E-state index is 0.0686. The van der Waals surface area contributed by atoms with E-state index in [1.165, 1.54) is 32.4 Å². The zero-order chi connectivity index (χ0) is 17.3. The average molecular weight is 351 g/mol. The number of pyridine rings is 1. The van der Waals surface area contributed by atoms with E-state index >= 15 is 0 Å². The fourth-order valence-electron chi connectivity index (χ4n) is 1.41. The number of hydrogen-bond donors (Lipinski definition) is 1. The molecule has 0 saturated carbocycles. The number of nitrogens with zero attached hydrogens (tertiary/aromatic N) is 4. The molecule has 2 heterocycles. The fraction of sp³-hybridized carbons (Fsp3) is 0.364. The predicted molar refractivity (Wildman–Crippen MR) is 72.0 cm³/mol. The standard InChI is InChI=1S/C11H12F3N5O3S/c1-19(2)23(20,21)16-6-8-4-3-7(5-15-8)9-17-10(22-18-9)11(12,13)14/h3-5,16H,6H2,1-2H3. The van der Waals surface area contributed by atoms with Crippen molar-refractivity contribution in [3.63, 3.8) is 0 Å². The Bertz CT molecular complexity index is 771. The normalized spacial score (nSPS) is 12.8. The molecular formula is C11H12F3N5O3S. The van der Waals surface area contributed by atoms with Gasteiger partial charge < -0.3 is 4.52 Å². The summed E-state index contributed by atoms with van der Waals surface area (Å²) in [5.74, 6) is -1.71. The van der Waals surface area contributed by atoms with Gasteiger partial charge in [0.05, 0.1) is 12.2 Å². The van der Waals surface area contributed by atoms with Gasteiger partial charge in [0, 0.05) is 25.9 Å². The second-order valence-electron chi connectivity index (χ2n) is 4.57. The van der Waals surface area contributed by atoms with Crippen molar-refractivity contribution in [2.24, 2.45) is 0 Å². The summed E-state index contributed by atoms with van der Waals surface area (Å²) in [6.07, 6.45) is -3.49. The molecule has 0 spiro atoms. The second-order valence-corrected chi connectivity index (χ2v) is 6.54. The summed E-state index contributed by atoms with van der Waals surface area (Å²) >= 11 is 0. The van der Waals surface area contributed by atoms with Gasteiger partial charge in [0.15, 0.2) is 0 Å². The molecule has 0 amide bonds. The number of halogens is 3. The molecule has 8 nitrogen and oxygen atoms in total. The smallest absolute Gasteiger partial charge is 0.329 e. The molecule has 0 aliphatic rings. The van der Waals surface area contributed by atoms with Gasteiger partial charge in [0.2, 0.25) is 5.82 Å². The van der Waals surface area contributed by atoms with Crippen LogP contribution in [0.4, 0.5) is 13.2 Å². The largest absolute Gasteiger partial charge is 0.471 e. The topological polar surface area (TPSA) is 101 Å². The van der Waals surface area contributed by atoms with Gasteiger partial charge in [-0.2, -0.15) is 35.6 Å². The van der Waals surface area contributed by atoms with Gasteiger partial charge in [-0.3, -0.25) is 4.98 Å². The van der Waals surface area contributed by atoms with E-state index in [4.69, 9.17) is 0 Å². The molecule has 0 fully saturated rings. The SMILES string of the molecule is CN(C)S(=O)(=O)NCc1ccc(-c2noc(C(F)(F)F)n2)cn1. The lowest BCUT2D eigenvalue weighted by molar-refractivity contribution is -0.159. The van der Waals surface area contributed by atoms with Crippen molar-refractivity contribution in [3.05, 3.63) is 29.9 Å². The number of alkyl halides is 3. The second kappa shape index (κ2) is 6.22. The van der Waals surface area contributed by atoms with Gasteiger partial charge in [-0.25, -0.2) is 0 Å². The molecule has 1 N–H and O–H groups in total. The summed E-state index contributed by atoms with van der Waals surface area (Å²) in [6, 6.07) is 2.86. The minimum atomic E-state index is -4.72. The van der Waals surface area contributed by atoms with E-state index in [0.29, 0.717) is 5.69 Å². The Balaban J connectivity index is 2.09. The van der Waals surface area contributed by atoms with Crippen LogP contribution >= 0.6 is 0 Å². The van der Waals surface area contributed by atoms with E-state index in [9.17, 15) is 21.6 Å². The Morgan fingerprint density at radius 2 is 2.00 bits per heavy atom. The Labute approximate surface area is 129 Å². The highest BCUT2D eigenvalue weighted by molar-refractivity contribution is 7.87. The first-order valence-electron chi connectivity index (χ1n) is 6.13. The van der Waals surface area contributed by atoms with Crippen molar-refractivity contribution < 1.29 is 26.1 Å². The molecule has 0 saturated heterocycles. The first-order chi connectivity index (χ1) is 10.6. The molecule has 2 aromatic rings. The maximum absolute atomic E-state index is 12.4. The Morgan fingerprint density at radius 1 is 1.30 bits per heavy atom. The molecule has 0 unspecified atom stereocenters. The molecule has 0 bridgehead atoms. The Kier molecular flexibility index (Phi) is 4.68. The van der Waals surface area contributed by atoms with Gasteiger partial charge in [0.25, 0.3) is 10.2 Å². The molecule has 2 aromatic heterocycles. The van der Waals surface area contributed by atoms with Gasteiger partial charge in [-0.1, -0.05) is 5.16 Å². The lowest BCUT2D eigenvalue weighted by Crippen LogP contribution is -2.35. The third kappa shape index (κ3) is 4.24. The summed E-state index contributed by atoms with van der Waals surface area (Å²) in [7, 11) is -0.856. The van der Waals surface area contributed by atoms with Gasteiger partial charge in [-0.15, -0.1) is 0 Å². The lowest BCUT2D eigenvalue weighted by Gasteiger charge is -2.11. The number of hydrogen-bond acceptors (Lipinski definition) is 6. The van der Waals surface area contributed by atoms with Crippen LogP contribution in [0, 0.1) is 0 Å². The van der Waals surface area contributed by atoms with E-state index in [-0.39, 0.29) is 17.9 Å². The van der Waals surface area contributed by atoms with Crippen molar-refractivity contribution in [1.29, 1.82) is 0 Å². The van der Waals surface area contributed by atoms with Gasteiger partial charge in [-0.05, 0) is 12.1 Å². The van der Waals surface area contributed by atoms with E-state index in [0.717, 1.165) is 4.31 Å². The maximum Gasteiger partial charge on any atom is 0.471 e. The number of rotatable bonds is 5. The van der Waals surface area contributed by atoms with Crippen LogP contribution in [0.2, 0.25) is 0 Å². The highest BCUT2D eigenvalue weighted by Crippen LogP contribution is 2.29. The van der Waals surface area contributed by atoms with Crippen LogP contribution in [-0.4, -0.2) is 41.9 Å². The van der Waals surface area contributed by atoms with Crippen LogP contribution in [0.5, 0.6) is 0 Å². The molecule has 126 valence electrons. The average Bonchev–Trinajstić information content (AvgIpc) is 2.95. The Hall–Kier alpha value is -2.05. The van der Waals surface area contributed by atoms with E-state index in [1.54, 1.807) is 0 Å². The maximum atomic E-state index is 12.4. The van der Waals surface area contributed by atoms with Crippen LogP contribution in [0.3, 0.4) is 0 Å². The lowest BCUT2D eigenvalue weighted by atomic mass is 10.2. The first-order valence-corrected chi connectivity index (χ1v) is 7.57. The molecule has 0 aromatic carbocycles. The molecular weight excluding hydrogens is 339 g/mol. The summed E-state index contributed by atoms with van der Waals surface area (Å²) in [4.78, 5) is 7.17. The molecule has 2 rings (SSSR count). The molecule has 0 aliphatic carbocycles. The monoisotopic (exact) mass is 351 g/mol. The van der Waals surface area contributed by atoms with E-state index < -0.39 is 22.3 Å². The van der Waals surface area contributed by atoms with Crippen molar-refractivity contribution in [1.82, 2.24) is 24.2 Å². The summed E-state index contributed by atoms with van der Waals surface area (Å²) < 4.78 is 67.6. The van der Waals surface area contributed by atoms with Gasteiger partial charge >= 0.3 is 12.1 Å². The number of nitrogens with one attached hydrogen (secondary N) is 1. The Morgan fingerprint density at radius 3 is 2.48 bits per heavy atom. The van der Waals surface area contributed by atoms with Crippen molar-refractivity contribution in [2.45, 2.75) is 12.7 Å². The third-order valence-corrected chi connectivity index (χ3v) is 4.14. The summed E-state index contributed by atoms with van der Waals surface area (Å²) in [5, 5.41) is 3.23. The highest BCUT2D eigenvalue weighted by Gasteiger charge is 2.38. The van der Waals surface area contributed by atoms with Crippen LogP contribution in [0.1, 0.15) is 11.6 Å². The van der Waals surface area contributed by atoms with Crippen molar-refractivity contribution in [3.8, 4) is 11.4 Å². The van der Waals surface area contributed by atoms with E-state index in [2.05, 4.69) is 24.4 Å². The number of aromatic nitrogens is 3. The zero-order valence-corrected chi connectivity index (χ0v) is 12.8. The first kappa shape index (κ1) is 17.3. The highest BCUT2D eigenvalue weighted by atomic mass is 32.2. The van der Waals surface area contributed by atoms with Crippen LogP contribution < -0.4 is 4.72 Å². The van der Waals surface area contributed by atoms with E-state index in [1.807, 2.05) is 0 Å². The molecule has 12 heteroatoms. The van der Waals surface area contributed by atoms with Crippen molar-refractivity contribution >= 4 is 10.2 Å². The van der Waals surface area contributed by atoms with Gasteiger partial charge in [0.1, 0.15) is 0 Å². The summed E-state index contributed by atoms with van der Waals surface area (Å²) in [5.41, 5.74) is 0.585. The van der Waals surface area contributed by atoms with Crippen molar-refractivity contribution in [2.75, 3.05) is 14.1 Å². The summed E-state index contributed by atoms with van der Waals surface area (Å²) in [6.45, 7) is -0.0686. The molecule has 0 radical (unpaired) electrons. The fourth-order valence-corrected chi connectivity index (χ4v) is 2.00. The van der Waals surface area contributed by atoms with Crippen LogP contribution in [0.15, 0.2) is 22.9 Å². The molecule has 0 aliphatic heterocycles. The quantitative estimate of drug-likeness (QED) is 0.864. The third-order valence-electron chi connectivity index (χ3n) is 2.67. The van der Waals surface area contributed by atoms with Crippen LogP contribution in [-0.2, 0) is 22.9 Å². The molecule has 0 atom stereocenters. The molecule has 23 heavy (non-hydrogen) atoms. The predicted octanol–water partition coefficient (Wildman–Crippen LogP) is 1.05. The van der Waals surface area contributed by atoms with Crippen LogP contribution in [0.25, 0.3) is 11.4 Å².